The van der Waals surface area contributed by atoms with Crippen LogP contribution >= 0.6 is 0 Å². The molecule has 2 aromatic rings. The standard InChI is InChI=1S/C20H21N5O3/c26-19(23-28)9-7-16-4-3-5-17(22-16)8-10-20(27)25-14-12-24(13-15-25)18-6-1-2-11-21-18/h1-11,28H,12-15H2,(H,23,26)/b9-7+,10-8+. The van der Waals surface area contributed by atoms with Gasteiger partial charge in [0.25, 0.3) is 5.91 Å². The smallest absolute Gasteiger partial charge is 0.267 e. The van der Waals surface area contributed by atoms with Gasteiger partial charge in [-0.2, -0.15) is 0 Å². The van der Waals surface area contributed by atoms with Crippen LogP contribution in [-0.2, 0) is 9.59 Å². The van der Waals surface area contributed by atoms with E-state index in [1.165, 1.54) is 23.7 Å². The number of nitrogens with one attached hydrogen (secondary N) is 1. The van der Waals surface area contributed by atoms with E-state index in [4.69, 9.17) is 5.21 Å². The highest BCUT2D eigenvalue weighted by molar-refractivity contribution is 5.92. The number of carbonyl (C=O) groups is 2. The van der Waals surface area contributed by atoms with E-state index in [-0.39, 0.29) is 5.91 Å². The van der Waals surface area contributed by atoms with Crippen LogP contribution in [0.5, 0.6) is 0 Å². The molecule has 1 aliphatic heterocycles. The van der Waals surface area contributed by atoms with E-state index in [0.717, 1.165) is 18.9 Å². The van der Waals surface area contributed by atoms with Crippen LogP contribution in [0.15, 0.2) is 54.7 Å². The summed E-state index contributed by atoms with van der Waals surface area (Å²) in [5.41, 5.74) is 2.66. The van der Waals surface area contributed by atoms with Crippen molar-refractivity contribution in [1.29, 1.82) is 0 Å². The van der Waals surface area contributed by atoms with Gasteiger partial charge < -0.3 is 9.80 Å². The molecule has 3 rings (SSSR count). The molecule has 0 saturated carbocycles. The van der Waals surface area contributed by atoms with Crippen molar-refractivity contribution in [3.05, 3.63) is 66.1 Å². The zero-order chi connectivity index (χ0) is 19.8. The molecule has 3 heterocycles. The molecule has 0 aromatic carbocycles. The molecule has 0 radical (unpaired) electrons. The zero-order valence-electron chi connectivity index (χ0n) is 15.2. The fraction of sp³-hybridized carbons (Fsp3) is 0.200. The summed E-state index contributed by atoms with van der Waals surface area (Å²) in [5, 5.41) is 8.49. The molecular formula is C20H21N5O3. The third-order valence-corrected chi connectivity index (χ3v) is 4.27. The van der Waals surface area contributed by atoms with Gasteiger partial charge in [0.05, 0.1) is 11.4 Å². The summed E-state index contributed by atoms with van der Waals surface area (Å²) in [4.78, 5) is 36.1. The minimum absolute atomic E-state index is 0.0666. The van der Waals surface area contributed by atoms with Crippen LogP contribution in [0, 0.1) is 0 Å². The van der Waals surface area contributed by atoms with Crippen molar-refractivity contribution in [3.8, 4) is 0 Å². The average Bonchev–Trinajstić information content (AvgIpc) is 2.76. The molecule has 0 aliphatic carbocycles. The highest BCUT2D eigenvalue weighted by Gasteiger charge is 2.20. The fourth-order valence-corrected chi connectivity index (χ4v) is 2.81. The molecule has 144 valence electrons. The molecule has 0 unspecified atom stereocenters. The van der Waals surface area contributed by atoms with Crippen LogP contribution in [0.1, 0.15) is 11.4 Å². The van der Waals surface area contributed by atoms with E-state index < -0.39 is 5.91 Å². The topological polar surface area (TPSA) is 98.7 Å². The number of hydrogen-bond acceptors (Lipinski definition) is 6. The van der Waals surface area contributed by atoms with Gasteiger partial charge in [-0.05, 0) is 36.4 Å². The second kappa shape index (κ2) is 9.43. The Morgan fingerprint density at radius 1 is 0.964 bits per heavy atom. The third-order valence-electron chi connectivity index (χ3n) is 4.27. The number of hydrogen-bond donors (Lipinski definition) is 2. The Bertz CT molecular complexity index is 874. The van der Waals surface area contributed by atoms with Crippen molar-refractivity contribution < 1.29 is 14.8 Å². The van der Waals surface area contributed by atoms with Crippen LogP contribution in [0.2, 0.25) is 0 Å². The first kappa shape index (κ1) is 19.2. The molecule has 8 heteroatoms. The van der Waals surface area contributed by atoms with E-state index in [1.54, 1.807) is 35.4 Å². The highest BCUT2D eigenvalue weighted by Crippen LogP contribution is 2.13. The van der Waals surface area contributed by atoms with E-state index >= 15 is 0 Å². The van der Waals surface area contributed by atoms with Gasteiger partial charge in [0.15, 0.2) is 0 Å². The average molecular weight is 379 g/mol. The molecule has 1 saturated heterocycles. The summed E-state index contributed by atoms with van der Waals surface area (Å²) in [6.45, 7) is 2.74. The first-order valence-corrected chi connectivity index (χ1v) is 8.88. The van der Waals surface area contributed by atoms with Crippen molar-refractivity contribution in [2.45, 2.75) is 0 Å². The Morgan fingerprint density at radius 3 is 2.32 bits per heavy atom. The third kappa shape index (κ3) is 5.24. The Balaban J connectivity index is 1.56. The lowest BCUT2D eigenvalue weighted by Crippen LogP contribution is -2.48. The lowest BCUT2D eigenvalue weighted by atomic mass is 10.2. The lowest BCUT2D eigenvalue weighted by Gasteiger charge is -2.34. The first-order chi connectivity index (χ1) is 13.7. The summed E-state index contributed by atoms with van der Waals surface area (Å²) in [7, 11) is 0. The largest absolute Gasteiger partial charge is 0.353 e. The number of hydroxylamine groups is 1. The summed E-state index contributed by atoms with van der Waals surface area (Å²) < 4.78 is 0. The van der Waals surface area contributed by atoms with Crippen molar-refractivity contribution in [2.24, 2.45) is 0 Å². The molecule has 8 nitrogen and oxygen atoms in total. The molecule has 28 heavy (non-hydrogen) atoms. The second-order valence-corrected chi connectivity index (χ2v) is 6.13. The van der Waals surface area contributed by atoms with Gasteiger partial charge in [0.2, 0.25) is 5.91 Å². The van der Waals surface area contributed by atoms with Gasteiger partial charge in [0.1, 0.15) is 5.82 Å². The Hall–Kier alpha value is -3.52. The number of piperazine rings is 1. The molecule has 0 spiro atoms. The molecule has 0 bridgehead atoms. The van der Waals surface area contributed by atoms with Gasteiger partial charge in [-0.25, -0.2) is 15.4 Å². The molecule has 1 aliphatic rings. The minimum Gasteiger partial charge on any atom is -0.353 e. The van der Waals surface area contributed by atoms with Crippen molar-refractivity contribution in [1.82, 2.24) is 20.3 Å². The van der Waals surface area contributed by atoms with Crippen LogP contribution in [0.3, 0.4) is 0 Å². The van der Waals surface area contributed by atoms with Gasteiger partial charge in [-0.3, -0.25) is 14.8 Å². The zero-order valence-corrected chi connectivity index (χ0v) is 15.2. The van der Waals surface area contributed by atoms with Crippen LogP contribution in [0.25, 0.3) is 12.2 Å². The van der Waals surface area contributed by atoms with Crippen LogP contribution in [0.4, 0.5) is 5.82 Å². The van der Waals surface area contributed by atoms with Gasteiger partial charge in [-0.15, -0.1) is 0 Å². The maximum atomic E-state index is 12.4. The number of aromatic nitrogens is 2. The number of amides is 2. The van der Waals surface area contributed by atoms with Crippen LogP contribution < -0.4 is 10.4 Å². The minimum atomic E-state index is -0.636. The predicted octanol–water partition coefficient (Wildman–Crippen LogP) is 1.36. The Labute approximate surface area is 162 Å². The lowest BCUT2D eigenvalue weighted by molar-refractivity contribution is -0.126. The van der Waals surface area contributed by atoms with E-state index in [9.17, 15) is 9.59 Å². The summed E-state index contributed by atoms with van der Waals surface area (Å²) in [6.07, 6.45) is 7.56. The molecule has 1 fully saturated rings. The SMILES string of the molecule is O=C(/C=C/c1cccc(/C=C/C(=O)N2CCN(c3ccccn3)CC2)n1)NO. The summed E-state index contributed by atoms with van der Waals surface area (Å²) >= 11 is 0. The Kier molecular flexibility index (Phi) is 6.48. The number of anilines is 1. The summed E-state index contributed by atoms with van der Waals surface area (Å²) in [5.74, 6) is 0.222. The van der Waals surface area contributed by atoms with Crippen molar-refractivity contribution >= 4 is 29.8 Å². The summed E-state index contributed by atoms with van der Waals surface area (Å²) in [6, 6.07) is 11.1. The van der Waals surface area contributed by atoms with Crippen molar-refractivity contribution in [3.63, 3.8) is 0 Å². The van der Waals surface area contributed by atoms with Gasteiger partial charge in [0, 0.05) is 44.5 Å². The molecule has 2 N–H and O–H groups in total. The molecular weight excluding hydrogens is 358 g/mol. The fourth-order valence-electron chi connectivity index (χ4n) is 2.81. The van der Waals surface area contributed by atoms with E-state index in [2.05, 4.69) is 14.9 Å². The highest BCUT2D eigenvalue weighted by atomic mass is 16.5. The quantitative estimate of drug-likeness (QED) is 0.462. The van der Waals surface area contributed by atoms with Crippen LogP contribution in [-0.4, -0.2) is 58.1 Å². The van der Waals surface area contributed by atoms with Crippen molar-refractivity contribution in [2.75, 3.05) is 31.1 Å². The normalized spacial score (nSPS) is 14.6. The first-order valence-electron chi connectivity index (χ1n) is 8.88. The monoisotopic (exact) mass is 379 g/mol. The maximum absolute atomic E-state index is 12.4. The van der Waals surface area contributed by atoms with Gasteiger partial charge in [-0.1, -0.05) is 12.1 Å². The number of nitrogens with zero attached hydrogens (tertiary/aromatic N) is 4. The van der Waals surface area contributed by atoms with E-state index in [0.29, 0.717) is 24.5 Å². The molecule has 2 aromatic heterocycles. The predicted molar refractivity (Wildman–Crippen MR) is 105 cm³/mol. The number of carbonyl (C=O) groups excluding carboxylic acids is 2. The van der Waals surface area contributed by atoms with E-state index in [1.807, 2.05) is 18.2 Å². The van der Waals surface area contributed by atoms with Gasteiger partial charge >= 0.3 is 0 Å². The Morgan fingerprint density at radius 2 is 1.68 bits per heavy atom. The molecule has 0 atom stereocenters. The second-order valence-electron chi connectivity index (χ2n) is 6.13. The number of rotatable bonds is 5. The number of pyridine rings is 2. The maximum Gasteiger partial charge on any atom is 0.267 e. The molecule has 2 amide bonds.